The minimum atomic E-state index is -0.698. The lowest BCUT2D eigenvalue weighted by Gasteiger charge is -2.34. The Morgan fingerprint density at radius 2 is 2.04 bits per heavy atom. The third kappa shape index (κ3) is 4.39. The average Bonchev–Trinajstić information content (AvgIpc) is 3.37. The summed E-state index contributed by atoms with van der Waals surface area (Å²) in [6.45, 7) is 9.74. The first-order valence-electron chi connectivity index (χ1n) is 9.21. The number of hydrogen-bond acceptors (Lipinski definition) is 5. The summed E-state index contributed by atoms with van der Waals surface area (Å²) >= 11 is 0. The van der Waals surface area contributed by atoms with Crippen molar-refractivity contribution < 1.29 is 4.79 Å². The molecule has 7 heteroatoms. The molecule has 0 aromatic carbocycles. The maximum atomic E-state index is 12.3. The molecule has 1 aliphatic carbocycles. The van der Waals surface area contributed by atoms with Crippen LogP contribution < -0.4 is 5.32 Å². The van der Waals surface area contributed by atoms with Gasteiger partial charge in [-0.15, -0.1) is 0 Å². The molecule has 2 heterocycles. The predicted octanol–water partition coefficient (Wildman–Crippen LogP) is 0.829. The van der Waals surface area contributed by atoms with Gasteiger partial charge in [-0.05, 0) is 32.6 Å². The van der Waals surface area contributed by atoms with Crippen molar-refractivity contribution in [3.05, 3.63) is 18.2 Å². The van der Waals surface area contributed by atoms with Gasteiger partial charge < -0.3 is 9.88 Å². The van der Waals surface area contributed by atoms with Crippen LogP contribution in [0, 0.1) is 17.2 Å². The van der Waals surface area contributed by atoms with Crippen LogP contribution in [0.2, 0.25) is 0 Å². The predicted molar refractivity (Wildman–Crippen MR) is 94.5 cm³/mol. The molecule has 2 fully saturated rings. The van der Waals surface area contributed by atoms with Gasteiger partial charge in [0.25, 0.3) is 0 Å². The summed E-state index contributed by atoms with van der Waals surface area (Å²) in [7, 11) is 0. The highest BCUT2D eigenvalue weighted by Gasteiger charge is 2.43. The van der Waals surface area contributed by atoms with Crippen molar-refractivity contribution in [1.82, 2.24) is 24.7 Å². The van der Waals surface area contributed by atoms with E-state index in [1.54, 1.807) is 0 Å². The zero-order valence-corrected chi connectivity index (χ0v) is 15.2. The number of aromatic nitrogens is 2. The highest BCUT2D eigenvalue weighted by molar-refractivity contribution is 5.79. The fourth-order valence-corrected chi connectivity index (χ4v) is 3.50. The van der Waals surface area contributed by atoms with E-state index in [1.807, 2.05) is 19.3 Å². The van der Waals surface area contributed by atoms with Gasteiger partial charge in [0.1, 0.15) is 11.4 Å². The Kier molecular flexibility index (Phi) is 5.40. The minimum absolute atomic E-state index is 0.0362. The number of nitrogens with one attached hydrogen (secondary N) is 1. The number of rotatable bonds is 7. The molecule has 0 radical (unpaired) electrons. The molecule has 136 valence electrons. The van der Waals surface area contributed by atoms with Crippen LogP contribution in [0.1, 0.15) is 32.5 Å². The highest BCUT2D eigenvalue weighted by Crippen LogP contribution is 2.39. The van der Waals surface area contributed by atoms with Crippen LogP contribution in [0.3, 0.4) is 0 Å². The van der Waals surface area contributed by atoms with Gasteiger partial charge >= 0.3 is 0 Å². The lowest BCUT2D eigenvalue weighted by Crippen LogP contribution is -2.53. The van der Waals surface area contributed by atoms with Gasteiger partial charge in [0.2, 0.25) is 5.91 Å². The quantitative estimate of drug-likeness (QED) is 0.793. The third-order valence-electron chi connectivity index (χ3n) is 5.36. The fraction of sp³-hybridized carbons (Fsp3) is 0.722. The SMILES string of the molecule is CCn1ccnc1CN1CCN(CC(=O)N[C@@](C)(C#N)C2CC2)CC1. The number of piperazine rings is 1. The Labute approximate surface area is 149 Å². The second kappa shape index (κ2) is 7.54. The normalized spacial score (nSPS) is 21.5. The summed E-state index contributed by atoms with van der Waals surface area (Å²) in [5.41, 5.74) is -0.698. The number of aryl methyl sites for hydroxylation is 1. The third-order valence-corrected chi connectivity index (χ3v) is 5.36. The number of carbonyl (C=O) groups excluding carboxylic acids is 1. The summed E-state index contributed by atoms with van der Waals surface area (Å²) in [6.07, 6.45) is 5.94. The minimum Gasteiger partial charge on any atom is -0.337 e. The standard InChI is InChI=1S/C18H28N6O/c1-3-24-7-6-20-16(24)12-22-8-10-23(11-9-22)13-17(25)21-18(2,14-19)15-4-5-15/h6-7,15H,3-5,8-13H2,1-2H3,(H,21,25)/t18-/m0/s1. The Morgan fingerprint density at radius 1 is 1.36 bits per heavy atom. The van der Waals surface area contributed by atoms with E-state index in [2.05, 4.69) is 37.7 Å². The van der Waals surface area contributed by atoms with E-state index >= 15 is 0 Å². The van der Waals surface area contributed by atoms with Crippen LogP contribution in [-0.4, -0.2) is 63.5 Å². The van der Waals surface area contributed by atoms with E-state index in [-0.39, 0.29) is 5.91 Å². The molecule has 3 rings (SSSR count). The van der Waals surface area contributed by atoms with Crippen LogP contribution in [-0.2, 0) is 17.9 Å². The van der Waals surface area contributed by atoms with E-state index in [0.717, 1.165) is 57.9 Å². The molecular weight excluding hydrogens is 316 g/mol. The van der Waals surface area contributed by atoms with E-state index in [0.29, 0.717) is 12.5 Å². The monoisotopic (exact) mass is 344 g/mol. The van der Waals surface area contributed by atoms with E-state index in [1.165, 1.54) is 0 Å². The van der Waals surface area contributed by atoms with Gasteiger partial charge in [0.05, 0.1) is 19.2 Å². The molecule has 2 aliphatic rings. The van der Waals surface area contributed by atoms with Crippen LogP contribution in [0.5, 0.6) is 0 Å². The summed E-state index contributed by atoms with van der Waals surface area (Å²) in [6, 6.07) is 2.28. The Bertz CT molecular complexity index is 638. The van der Waals surface area contributed by atoms with Gasteiger partial charge in [-0.25, -0.2) is 4.98 Å². The maximum Gasteiger partial charge on any atom is 0.235 e. The molecular formula is C18H28N6O. The van der Waals surface area contributed by atoms with Crippen molar-refractivity contribution in [2.45, 2.75) is 45.3 Å². The second-order valence-corrected chi connectivity index (χ2v) is 7.32. The molecule has 7 nitrogen and oxygen atoms in total. The van der Waals surface area contributed by atoms with Crippen molar-refractivity contribution in [2.24, 2.45) is 5.92 Å². The van der Waals surface area contributed by atoms with Crippen molar-refractivity contribution in [1.29, 1.82) is 5.26 Å². The van der Waals surface area contributed by atoms with E-state index < -0.39 is 5.54 Å². The Balaban J connectivity index is 1.43. The van der Waals surface area contributed by atoms with Crippen molar-refractivity contribution in [2.75, 3.05) is 32.7 Å². The Morgan fingerprint density at radius 3 is 2.64 bits per heavy atom. The van der Waals surface area contributed by atoms with Crippen LogP contribution in [0.4, 0.5) is 0 Å². The van der Waals surface area contributed by atoms with Gasteiger partial charge in [-0.1, -0.05) is 0 Å². The van der Waals surface area contributed by atoms with Crippen LogP contribution in [0.15, 0.2) is 12.4 Å². The molecule has 1 amide bonds. The lowest BCUT2D eigenvalue weighted by molar-refractivity contribution is -0.124. The molecule has 1 aromatic rings. The number of carbonyl (C=O) groups is 1. The van der Waals surface area contributed by atoms with Crippen LogP contribution >= 0.6 is 0 Å². The molecule has 1 aliphatic heterocycles. The van der Waals surface area contributed by atoms with Gasteiger partial charge in [0.15, 0.2) is 0 Å². The molecule has 1 aromatic heterocycles. The molecule has 1 N–H and O–H groups in total. The summed E-state index contributed by atoms with van der Waals surface area (Å²) in [5.74, 6) is 1.38. The second-order valence-electron chi connectivity index (χ2n) is 7.32. The first-order valence-corrected chi connectivity index (χ1v) is 9.21. The van der Waals surface area contributed by atoms with E-state index in [9.17, 15) is 10.1 Å². The smallest absolute Gasteiger partial charge is 0.235 e. The molecule has 0 bridgehead atoms. The number of amides is 1. The molecule has 1 saturated carbocycles. The number of hydrogen-bond donors (Lipinski definition) is 1. The van der Waals surface area contributed by atoms with Crippen molar-refractivity contribution >= 4 is 5.91 Å². The molecule has 0 spiro atoms. The van der Waals surface area contributed by atoms with Gasteiger partial charge in [-0.2, -0.15) is 5.26 Å². The first kappa shape index (κ1) is 17.9. The maximum absolute atomic E-state index is 12.3. The van der Waals surface area contributed by atoms with Gasteiger partial charge in [0, 0.05) is 45.1 Å². The number of imidazole rings is 1. The molecule has 25 heavy (non-hydrogen) atoms. The average molecular weight is 344 g/mol. The number of nitriles is 1. The first-order chi connectivity index (χ1) is 12.0. The van der Waals surface area contributed by atoms with E-state index in [4.69, 9.17) is 0 Å². The number of nitrogens with zero attached hydrogens (tertiary/aromatic N) is 5. The molecule has 0 unspecified atom stereocenters. The van der Waals surface area contributed by atoms with Gasteiger partial charge in [-0.3, -0.25) is 14.6 Å². The topological polar surface area (TPSA) is 77.2 Å². The zero-order valence-electron chi connectivity index (χ0n) is 15.2. The van der Waals surface area contributed by atoms with Crippen LogP contribution in [0.25, 0.3) is 0 Å². The zero-order chi connectivity index (χ0) is 17.9. The highest BCUT2D eigenvalue weighted by atomic mass is 16.2. The summed E-state index contributed by atoms with van der Waals surface area (Å²) < 4.78 is 2.17. The fourth-order valence-electron chi connectivity index (χ4n) is 3.50. The summed E-state index contributed by atoms with van der Waals surface area (Å²) in [4.78, 5) is 21.3. The van der Waals surface area contributed by atoms with Crippen molar-refractivity contribution in [3.8, 4) is 6.07 Å². The molecule has 1 saturated heterocycles. The largest absolute Gasteiger partial charge is 0.337 e. The summed E-state index contributed by atoms with van der Waals surface area (Å²) in [5, 5.41) is 12.3. The Hall–Kier alpha value is -1.91. The lowest BCUT2D eigenvalue weighted by atomic mass is 9.98. The molecule has 1 atom stereocenters. The van der Waals surface area contributed by atoms with Crippen molar-refractivity contribution in [3.63, 3.8) is 0 Å².